The first-order valence-corrected chi connectivity index (χ1v) is 10.1. The molecule has 0 unspecified atom stereocenters. The van der Waals surface area contributed by atoms with Crippen molar-refractivity contribution >= 4 is 17.3 Å². The second-order valence-corrected chi connectivity index (χ2v) is 7.26. The molecule has 0 aliphatic carbocycles. The largest absolute Gasteiger partial charge is 0.495 e. The number of nitro groups is 1. The van der Waals surface area contributed by atoms with Crippen LogP contribution in [-0.4, -0.2) is 42.5 Å². The summed E-state index contributed by atoms with van der Waals surface area (Å²) in [4.78, 5) is 25.6. The summed E-state index contributed by atoms with van der Waals surface area (Å²) < 4.78 is 10.8. The van der Waals surface area contributed by atoms with E-state index in [1.165, 1.54) is 30.9 Å². The fourth-order valence-corrected chi connectivity index (χ4v) is 3.65. The minimum atomic E-state index is -0.492. The Kier molecular flexibility index (Phi) is 7.24. The zero-order valence-corrected chi connectivity index (χ0v) is 17.3. The van der Waals surface area contributed by atoms with Crippen molar-refractivity contribution in [2.24, 2.45) is 5.92 Å². The maximum absolute atomic E-state index is 12.7. The Morgan fingerprint density at radius 1 is 1.23 bits per heavy atom. The molecule has 30 heavy (non-hydrogen) atoms. The van der Waals surface area contributed by atoms with Crippen molar-refractivity contribution in [3.8, 4) is 11.5 Å². The van der Waals surface area contributed by atoms with Crippen LogP contribution in [0, 0.1) is 16.0 Å². The van der Waals surface area contributed by atoms with Crippen LogP contribution in [0.15, 0.2) is 42.5 Å². The van der Waals surface area contributed by atoms with Crippen molar-refractivity contribution in [1.82, 2.24) is 4.90 Å². The average molecular weight is 413 g/mol. The van der Waals surface area contributed by atoms with Crippen LogP contribution in [0.4, 0.5) is 11.4 Å². The van der Waals surface area contributed by atoms with Crippen molar-refractivity contribution < 1.29 is 19.2 Å². The topological polar surface area (TPSA) is 93.9 Å². The third-order valence-corrected chi connectivity index (χ3v) is 5.23. The van der Waals surface area contributed by atoms with Gasteiger partial charge < -0.3 is 14.8 Å². The molecule has 1 fully saturated rings. The Balaban J connectivity index is 1.56. The lowest BCUT2D eigenvalue weighted by atomic mass is 9.95. The number of nitro benzene ring substituents is 1. The Morgan fingerprint density at radius 2 is 2.00 bits per heavy atom. The molecule has 0 aromatic heterocycles. The summed E-state index contributed by atoms with van der Waals surface area (Å²) in [6, 6.07) is 12.3. The van der Waals surface area contributed by atoms with Crippen molar-refractivity contribution in [2.45, 2.75) is 26.3 Å². The van der Waals surface area contributed by atoms with Crippen molar-refractivity contribution in [2.75, 3.05) is 32.1 Å². The number of non-ortho nitro benzene ring substituents is 1. The summed E-state index contributed by atoms with van der Waals surface area (Å²) in [5, 5.41) is 13.8. The molecule has 1 saturated heterocycles. The lowest BCUT2D eigenvalue weighted by Crippen LogP contribution is -2.37. The number of hydrogen-bond donors (Lipinski definition) is 1. The fraction of sp³-hybridized carbons (Fsp3) is 0.409. The van der Waals surface area contributed by atoms with Gasteiger partial charge in [-0.2, -0.15) is 0 Å². The second kappa shape index (κ2) is 10.1. The smallest absolute Gasteiger partial charge is 0.271 e. The van der Waals surface area contributed by atoms with E-state index < -0.39 is 4.92 Å². The van der Waals surface area contributed by atoms with E-state index in [-0.39, 0.29) is 17.5 Å². The number of nitrogens with one attached hydrogen (secondary N) is 1. The molecule has 160 valence electrons. The van der Waals surface area contributed by atoms with Crippen molar-refractivity contribution in [3.63, 3.8) is 0 Å². The van der Waals surface area contributed by atoms with Crippen LogP contribution in [0.1, 0.15) is 25.3 Å². The lowest BCUT2D eigenvalue weighted by Gasteiger charge is -2.31. The first-order valence-electron chi connectivity index (χ1n) is 10.1. The third kappa shape index (κ3) is 5.48. The number of amides is 1. The third-order valence-electron chi connectivity index (χ3n) is 5.23. The van der Waals surface area contributed by atoms with Gasteiger partial charge in [0.1, 0.15) is 11.5 Å². The number of methoxy groups -OCH3 is 1. The Morgan fingerprint density at radius 3 is 2.67 bits per heavy atom. The van der Waals surface area contributed by atoms with E-state index in [0.717, 1.165) is 38.2 Å². The number of benzene rings is 2. The zero-order valence-electron chi connectivity index (χ0n) is 17.3. The molecule has 1 aliphatic heterocycles. The molecule has 0 bridgehead atoms. The van der Waals surface area contributed by atoms with Crippen LogP contribution in [0.3, 0.4) is 0 Å². The lowest BCUT2D eigenvalue weighted by molar-refractivity contribution is -0.384. The normalized spacial score (nSPS) is 14.9. The van der Waals surface area contributed by atoms with Crippen LogP contribution in [0.2, 0.25) is 0 Å². The Hall–Kier alpha value is -3.13. The number of piperidine rings is 1. The first kappa shape index (κ1) is 21.6. The van der Waals surface area contributed by atoms with E-state index >= 15 is 0 Å². The maximum Gasteiger partial charge on any atom is 0.271 e. The van der Waals surface area contributed by atoms with Crippen molar-refractivity contribution in [3.05, 3.63) is 58.1 Å². The number of carbonyl (C=O) groups excluding carboxylic acids is 1. The van der Waals surface area contributed by atoms with Gasteiger partial charge in [-0.1, -0.05) is 12.1 Å². The van der Waals surface area contributed by atoms with Gasteiger partial charge in [0.25, 0.3) is 5.69 Å². The molecule has 1 amide bonds. The molecule has 2 aromatic rings. The van der Waals surface area contributed by atoms with E-state index in [4.69, 9.17) is 9.47 Å². The first-order chi connectivity index (χ1) is 14.5. The highest BCUT2D eigenvalue weighted by Gasteiger charge is 2.26. The summed E-state index contributed by atoms with van der Waals surface area (Å²) in [5.41, 5.74) is 1.42. The molecule has 0 saturated carbocycles. The number of nitrogens with zero attached hydrogens (tertiary/aromatic N) is 2. The van der Waals surface area contributed by atoms with E-state index in [2.05, 4.69) is 22.3 Å². The average Bonchev–Trinajstić information content (AvgIpc) is 2.74. The Labute approximate surface area is 175 Å². The van der Waals surface area contributed by atoms with E-state index in [1.54, 1.807) is 0 Å². The van der Waals surface area contributed by atoms with E-state index in [1.807, 2.05) is 19.1 Å². The number of anilines is 1. The summed E-state index contributed by atoms with van der Waals surface area (Å²) in [5.74, 6) is 1.00. The van der Waals surface area contributed by atoms with E-state index in [0.29, 0.717) is 18.0 Å². The molecule has 1 N–H and O–H groups in total. The van der Waals surface area contributed by atoms with Crippen LogP contribution >= 0.6 is 0 Å². The number of carbonyl (C=O) groups is 1. The molecule has 0 radical (unpaired) electrons. The molecule has 0 atom stereocenters. The summed E-state index contributed by atoms with van der Waals surface area (Å²) in [6.07, 6.45) is 1.46. The number of rotatable bonds is 8. The number of hydrogen-bond acceptors (Lipinski definition) is 6. The molecular formula is C22H27N3O5. The monoisotopic (exact) mass is 413 g/mol. The standard InChI is InChI=1S/C22H27N3O5/c1-3-30-19-6-4-5-16(13-19)15-24-11-9-17(10-12-24)22(26)23-20-14-18(25(27)28)7-8-21(20)29-2/h4-8,13-14,17H,3,9-12,15H2,1-2H3,(H,23,26). The number of likely N-dealkylation sites (tertiary alicyclic amines) is 1. The summed E-state index contributed by atoms with van der Waals surface area (Å²) in [7, 11) is 1.47. The quantitative estimate of drug-likeness (QED) is 0.522. The zero-order chi connectivity index (χ0) is 21.5. The van der Waals surface area contributed by atoms with Crippen LogP contribution in [0.25, 0.3) is 0 Å². The van der Waals surface area contributed by atoms with Gasteiger partial charge in [0, 0.05) is 24.6 Å². The fourth-order valence-electron chi connectivity index (χ4n) is 3.65. The van der Waals surface area contributed by atoms with Gasteiger partial charge in [-0.15, -0.1) is 0 Å². The highest BCUT2D eigenvalue weighted by molar-refractivity contribution is 5.94. The molecule has 1 aliphatic rings. The van der Waals surface area contributed by atoms with Gasteiger partial charge in [-0.05, 0) is 56.6 Å². The van der Waals surface area contributed by atoms with E-state index in [9.17, 15) is 14.9 Å². The van der Waals surface area contributed by atoms with Gasteiger partial charge >= 0.3 is 0 Å². The number of ether oxygens (including phenoxy) is 2. The minimum absolute atomic E-state index is 0.0878. The van der Waals surface area contributed by atoms with Gasteiger partial charge in [0.05, 0.1) is 24.3 Å². The maximum atomic E-state index is 12.7. The van der Waals surface area contributed by atoms with Gasteiger partial charge in [-0.3, -0.25) is 19.8 Å². The second-order valence-electron chi connectivity index (χ2n) is 7.26. The molecule has 0 spiro atoms. The molecule has 1 heterocycles. The molecule has 8 nitrogen and oxygen atoms in total. The van der Waals surface area contributed by atoms with Crippen LogP contribution < -0.4 is 14.8 Å². The molecule has 2 aromatic carbocycles. The summed E-state index contributed by atoms with van der Waals surface area (Å²) >= 11 is 0. The SMILES string of the molecule is CCOc1cccc(CN2CCC(C(=O)Nc3cc([N+](=O)[O-])ccc3OC)CC2)c1. The molecular weight excluding hydrogens is 386 g/mol. The van der Waals surface area contributed by atoms with Crippen molar-refractivity contribution in [1.29, 1.82) is 0 Å². The van der Waals surface area contributed by atoms with Crippen LogP contribution in [-0.2, 0) is 11.3 Å². The van der Waals surface area contributed by atoms with Crippen LogP contribution in [0.5, 0.6) is 11.5 Å². The molecule has 8 heteroatoms. The van der Waals surface area contributed by atoms with Gasteiger partial charge in [-0.25, -0.2) is 0 Å². The summed E-state index contributed by atoms with van der Waals surface area (Å²) in [6.45, 7) is 5.03. The predicted molar refractivity (Wildman–Crippen MR) is 114 cm³/mol. The minimum Gasteiger partial charge on any atom is -0.495 e. The van der Waals surface area contributed by atoms with Gasteiger partial charge in [0.2, 0.25) is 5.91 Å². The van der Waals surface area contributed by atoms with Gasteiger partial charge in [0.15, 0.2) is 0 Å². The highest BCUT2D eigenvalue weighted by atomic mass is 16.6. The Bertz CT molecular complexity index is 894. The highest BCUT2D eigenvalue weighted by Crippen LogP contribution is 2.30. The molecule has 3 rings (SSSR count). The predicted octanol–water partition coefficient (Wildman–Crippen LogP) is 3.85.